The number of aromatic nitrogens is 1. The van der Waals surface area contributed by atoms with Crippen LogP contribution in [0.4, 0.5) is 26.3 Å². The van der Waals surface area contributed by atoms with Gasteiger partial charge in [0.05, 0.1) is 5.69 Å². The van der Waals surface area contributed by atoms with Crippen LogP contribution >= 0.6 is 0 Å². The minimum atomic E-state index is -4.82. The molecule has 90 valence electrons. The molecule has 1 atom stereocenters. The highest BCUT2D eigenvalue weighted by Crippen LogP contribution is 2.32. The first-order chi connectivity index (χ1) is 7.12. The van der Waals surface area contributed by atoms with E-state index in [-0.39, 0.29) is 0 Å². The highest BCUT2D eigenvalue weighted by atomic mass is 19.4. The van der Waals surface area contributed by atoms with E-state index in [4.69, 9.17) is 5.73 Å². The van der Waals surface area contributed by atoms with E-state index in [1.807, 2.05) is 0 Å². The maximum atomic E-state index is 12.1. The smallest absolute Gasteiger partial charge is 0.315 e. The molecule has 1 heterocycles. The predicted molar refractivity (Wildman–Crippen MR) is 42.2 cm³/mol. The summed E-state index contributed by atoms with van der Waals surface area (Å²) in [5.41, 5.74) is 2.47. The molecule has 2 nitrogen and oxygen atoms in total. The Morgan fingerprint density at radius 3 is 2.06 bits per heavy atom. The predicted octanol–water partition coefficient (Wildman–Crippen LogP) is 2.66. The van der Waals surface area contributed by atoms with Crippen LogP contribution in [-0.2, 0) is 6.18 Å². The summed E-state index contributed by atoms with van der Waals surface area (Å²) < 4.78 is 72.8. The molecular formula is C8H6F6N2. The number of nitrogens with zero attached hydrogens (tertiary/aromatic N) is 1. The van der Waals surface area contributed by atoms with E-state index in [0.717, 1.165) is 12.1 Å². The number of halogens is 6. The molecule has 0 bridgehead atoms. The molecule has 0 radical (unpaired) electrons. The van der Waals surface area contributed by atoms with Crippen molar-refractivity contribution in [1.29, 1.82) is 0 Å². The molecule has 1 unspecified atom stereocenters. The minimum absolute atomic E-state index is 0.576. The van der Waals surface area contributed by atoms with Gasteiger partial charge in [0.2, 0.25) is 0 Å². The Bertz CT molecular complexity index is 370. The van der Waals surface area contributed by atoms with Crippen molar-refractivity contribution in [1.82, 2.24) is 4.98 Å². The Labute approximate surface area is 86.1 Å². The minimum Gasteiger partial charge on any atom is -0.315 e. The van der Waals surface area contributed by atoms with Gasteiger partial charge in [-0.2, -0.15) is 26.3 Å². The van der Waals surface area contributed by atoms with Crippen LogP contribution in [0.3, 0.4) is 0 Å². The second-order valence-corrected chi connectivity index (χ2v) is 2.96. The molecule has 0 fully saturated rings. The van der Waals surface area contributed by atoms with Crippen molar-refractivity contribution in [2.75, 3.05) is 0 Å². The maximum absolute atomic E-state index is 12.1. The second kappa shape index (κ2) is 3.93. The van der Waals surface area contributed by atoms with Gasteiger partial charge in [0.25, 0.3) is 0 Å². The largest absolute Gasteiger partial charge is 0.433 e. The van der Waals surface area contributed by atoms with Crippen molar-refractivity contribution in [3.05, 3.63) is 29.6 Å². The maximum Gasteiger partial charge on any atom is 0.433 e. The lowest BCUT2D eigenvalue weighted by atomic mass is 10.2. The first-order valence-electron chi connectivity index (χ1n) is 3.99. The SMILES string of the molecule is NC(c1cccc(C(F)(F)F)n1)C(F)(F)F. The van der Waals surface area contributed by atoms with Gasteiger partial charge in [0.1, 0.15) is 11.7 Å². The summed E-state index contributed by atoms with van der Waals surface area (Å²) in [7, 11) is 0. The summed E-state index contributed by atoms with van der Waals surface area (Å²) in [5, 5.41) is 0. The summed E-state index contributed by atoms with van der Waals surface area (Å²) >= 11 is 0. The molecule has 1 aromatic heterocycles. The Hall–Kier alpha value is -1.31. The van der Waals surface area contributed by atoms with Gasteiger partial charge in [-0.25, -0.2) is 4.98 Å². The van der Waals surface area contributed by atoms with Crippen molar-refractivity contribution >= 4 is 0 Å². The highest BCUT2D eigenvalue weighted by Gasteiger charge is 2.40. The van der Waals surface area contributed by atoms with Gasteiger partial charge in [-0.15, -0.1) is 0 Å². The van der Waals surface area contributed by atoms with Crippen molar-refractivity contribution in [3.8, 4) is 0 Å². The first-order valence-corrected chi connectivity index (χ1v) is 3.99. The van der Waals surface area contributed by atoms with Gasteiger partial charge < -0.3 is 5.73 Å². The topological polar surface area (TPSA) is 38.9 Å². The summed E-state index contributed by atoms with van der Waals surface area (Å²) in [5.74, 6) is 0. The quantitative estimate of drug-likeness (QED) is 0.771. The molecular weight excluding hydrogens is 238 g/mol. The van der Waals surface area contributed by atoms with Crippen LogP contribution in [0.15, 0.2) is 18.2 Å². The fourth-order valence-corrected chi connectivity index (χ4v) is 0.950. The fourth-order valence-electron chi connectivity index (χ4n) is 0.950. The molecule has 16 heavy (non-hydrogen) atoms. The zero-order valence-electron chi connectivity index (χ0n) is 7.60. The number of nitrogens with two attached hydrogens (primary N) is 1. The summed E-state index contributed by atoms with van der Waals surface area (Å²) in [6.07, 6.45) is -9.61. The molecule has 8 heteroatoms. The van der Waals surface area contributed by atoms with Crippen LogP contribution in [0.2, 0.25) is 0 Å². The zero-order chi connectivity index (χ0) is 12.6. The first kappa shape index (κ1) is 12.8. The highest BCUT2D eigenvalue weighted by molar-refractivity contribution is 5.17. The molecule has 0 aliphatic carbocycles. The van der Waals surface area contributed by atoms with E-state index < -0.39 is 29.8 Å². The van der Waals surface area contributed by atoms with Gasteiger partial charge in [-0.3, -0.25) is 0 Å². The molecule has 0 aliphatic heterocycles. The molecule has 1 rings (SSSR count). The third-order valence-corrected chi connectivity index (χ3v) is 1.73. The van der Waals surface area contributed by atoms with Crippen LogP contribution in [0.25, 0.3) is 0 Å². The van der Waals surface area contributed by atoms with E-state index in [2.05, 4.69) is 4.98 Å². The average Bonchev–Trinajstić information content (AvgIpc) is 2.14. The van der Waals surface area contributed by atoms with E-state index in [1.54, 1.807) is 0 Å². The standard InChI is InChI=1S/C8H6F6N2/c9-7(10,11)5-3-1-2-4(16-5)6(15)8(12,13)14/h1-3,6H,15H2. The van der Waals surface area contributed by atoms with Crippen LogP contribution in [0.5, 0.6) is 0 Å². The molecule has 2 N–H and O–H groups in total. The van der Waals surface area contributed by atoms with Gasteiger partial charge in [0.15, 0.2) is 0 Å². The van der Waals surface area contributed by atoms with E-state index in [0.29, 0.717) is 6.07 Å². The number of hydrogen-bond acceptors (Lipinski definition) is 2. The van der Waals surface area contributed by atoms with Gasteiger partial charge in [0, 0.05) is 0 Å². The Kier molecular flexibility index (Phi) is 3.13. The van der Waals surface area contributed by atoms with Gasteiger partial charge in [-0.05, 0) is 12.1 Å². The molecule has 0 aromatic carbocycles. The van der Waals surface area contributed by atoms with Crippen LogP contribution in [0, 0.1) is 0 Å². The lowest BCUT2D eigenvalue weighted by Gasteiger charge is -2.16. The van der Waals surface area contributed by atoms with Crippen molar-refractivity contribution in [2.45, 2.75) is 18.4 Å². The van der Waals surface area contributed by atoms with Gasteiger partial charge in [-0.1, -0.05) is 6.07 Å². The Morgan fingerprint density at radius 1 is 1.06 bits per heavy atom. The third kappa shape index (κ3) is 2.84. The van der Waals surface area contributed by atoms with Gasteiger partial charge >= 0.3 is 12.4 Å². The average molecular weight is 244 g/mol. The molecule has 1 aromatic rings. The zero-order valence-corrected chi connectivity index (χ0v) is 7.60. The lowest BCUT2D eigenvalue weighted by molar-refractivity contribution is -0.152. The monoisotopic (exact) mass is 244 g/mol. The fraction of sp³-hybridized carbons (Fsp3) is 0.375. The van der Waals surface area contributed by atoms with Crippen LogP contribution in [0.1, 0.15) is 17.4 Å². The number of hydrogen-bond donors (Lipinski definition) is 1. The van der Waals surface area contributed by atoms with Crippen molar-refractivity contribution < 1.29 is 26.3 Å². The lowest BCUT2D eigenvalue weighted by Crippen LogP contribution is -2.29. The van der Waals surface area contributed by atoms with Crippen LogP contribution < -0.4 is 5.73 Å². The van der Waals surface area contributed by atoms with E-state index in [9.17, 15) is 26.3 Å². The summed E-state index contributed by atoms with van der Waals surface area (Å²) in [4.78, 5) is 2.84. The number of rotatable bonds is 1. The molecule has 0 aliphatic rings. The normalized spacial score (nSPS) is 14.9. The van der Waals surface area contributed by atoms with E-state index in [1.165, 1.54) is 0 Å². The number of alkyl halides is 6. The Balaban J connectivity index is 3.09. The van der Waals surface area contributed by atoms with Crippen molar-refractivity contribution in [3.63, 3.8) is 0 Å². The summed E-state index contributed by atoms with van der Waals surface area (Å²) in [6, 6.07) is -0.314. The molecule has 0 amide bonds. The van der Waals surface area contributed by atoms with Crippen LogP contribution in [-0.4, -0.2) is 11.2 Å². The molecule has 0 saturated heterocycles. The Morgan fingerprint density at radius 2 is 1.62 bits per heavy atom. The molecule has 0 saturated carbocycles. The number of pyridine rings is 1. The van der Waals surface area contributed by atoms with Crippen molar-refractivity contribution in [2.24, 2.45) is 5.73 Å². The molecule has 0 spiro atoms. The summed E-state index contributed by atoms with van der Waals surface area (Å²) in [6.45, 7) is 0. The third-order valence-electron chi connectivity index (χ3n) is 1.73. The van der Waals surface area contributed by atoms with E-state index >= 15 is 0 Å². The second-order valence-electron chi connectivity index (χ2n) is 2.96.